The molecule has 6 nitrogen and oxygen atoms in total. The molecule has 1 amide bonds. The standard InChI is InChI=1S/C15H11FN4O2S/c16-11-3-5-12(6-4-11)23-9-13(21)18-15-20-19-14(22-15)10-2-1-7-17-8-10/h1-8H,9H2,(H,18,20,21). The van der Waals surface area contributed by atoms with Gasteiger partial charge in [-0.25, -0.2) is 4.39 Å². The van der Waals surface area contributed by atoms with E-state index in [0.717, 1.165) is 4.90 Å². The molecule has 0 bridgehead atoms. The van der Waals surface area contributed by atoms with Crippen LogP contribution in [0.15, 0.2) is 58.1 Å². The molecule has 0 saturated heterocycles. The summed E-state index contributed by atoms with van der Waals surface area (Å²) in [4.78, 5) is 16.6. The number of hydrogen-bond acceptors (Lipinski definition) is 6. The second kappa shape index (κ2) is 7.01. The number of benzene rings is 1. The number of thioether (sulfide) groups is 1. The monoisotopic (exact) mass is 330 g/mol. The minimum absolute atomic E-state index is 0.0218. The van der Waals surface area contributed by atoms with Crippen LogP contribution in [-0.4, -0.2) is 26.8 Å². The highest BCUT2D eigenvalue weighted by atomic mass is 32.2. The van der Waals surface area contributed by atoms with E-state index in [1.54, 1.807) is 36.7 Å². The fourth-order valence-corrected chi connectivity index (χ4v) is 2.41. The summed E-state index contributed by atoms with van der Waals surface area (Å²) >= 11 is 1.28. The van der Waals surface area contributed by atoms with Crippen molar-refractivity contribution in [1.29, 1.82) is 0 Å². The summed E-state index contributed by atoms with van der Waals surface area (Å²) in [5.74, 6) is -0.177. The van der Waals surface area contributed by atoms with Crippen LogP contribution in [0.2, 0.25) is 0 Å². The lowest BCUT2D eigenvalue weighted by Gasteiger charge is -2.01. The smallest absolute Gasteiger partial charge is 0.322 e. The van der Waals surface area contributed by atoms with Crippen LogP contribution in [-0.2, 0) is 4.79 Å². The Balaban J connectivity index is 1.56. The third-order valence-corrected chi connectivity index (χ3v) is 3.78. The van der Waals surface area contributed by atoms with E-state index in [1.807, 2.05) is 0 Å². The van der Waals surface area contributed by atoms with Gasteiger partial charge in [0.05, 0.1) is 11.3 Å². The Morgan fingerprint density at radius 2 is 2.04 bits per heavy atom. The summed E-state index contributed by atoms with van der Waals surface area (Å²) in [7, 11) is 0. The van der Waals surface area contributed by atoms with E-state index in [2.05, 4.69) is 20.5 Å². The Labute approximate surface area is 135 Å². The second-order valence-electron chi connectivity index (χ2n) is 4.44. The number of nitrogens with zero attached hydrogens (tertiary/aromatic N) is 3. The molecule has 0 aliphatic heterocycles. The second-order valence-corrected chi connectivity index (χ2v) is 5.49. The maximum Gasteiger partial charge on any atom is 0.322 e. The van der Waals surface area contributed by atoms with Gasteiger partial charge in [0.2, 0.25) is 5.91 Å². The first-order valence-electron chi connectivity index (χ1n) is 6.63. The Hall–Kier alpha value is -2.74. The zero-order valence-corrected chi connectivity index (χ0v) is 12.6. The lowest BCUT2D eigenvalue weighted by atomic mass is 10.3. The van der Waals surface area contributed by atoms with Gasteiger partial charge >= 0.3 is 6.01 Å². The summed E-state index contributed by atoms with van der Waals surface area (Å²) in [5, 5.41) is 10.1. The zero-order valence-electron chi connectivity index (χ0n) is 11.8. The maximum atomic E-state index is 12.8. The largest absolute Gasteiger partial charge is 0.403 e. The highest BCUT2D eigenvalue weighted by molar-refractivity contribution is 8.00. The molecule has 0 unspecified atom stereocenters. The molecule has 0 saturated carbocycles. The van der Waals surface area contributed by atoms with Crippen molar-refractivity contribution in [2.45, 2.75) is 4.90 Å². The van der Waals surface area contributed by atoms with Crippen molar-refractivity contribution in [3.05, 3.63) is 54.6 Å². The number of pyridine rings is 1. The third kappa shape index (κ3) is 4.13. The molecule has 1 aromatic carbocycles. The van der Waals surface area contributed by atoms with Gasteiger partial charge in [-0.1, -0.05) is 5.10 Å². The SMILES string of the molecule is O=C(CSc1ccc(F)cc1)Nc1nnc(-c2cccnc2)o1. The van der Waals surface area contributed by atoms with Crippen LogP contribution in [0.3, 0.4) is 0 Å². The van der Waals surface area contributed by atoms with Crippen molar-refractivity contribution in [3.63, 3.8) is 0 Å². The number of amides is 1. The van der Waals surface area contributed by atoms with Gasteiger partial charge in [0.25, 0.3) is 5.89 Å². The first-order chi connectivity index (χ1) is 11.2. The fourth-order valence-electron chi connectivity index (χ4n) is 1.71. The Bertz CT molecular complexity index is 793. The normalized spacial score (nSPS) is 10.5. The summed E-state index contributed by atoms with van der Waals surface area (Å²) < 4.78 is 18.1. The molecule has 2 heterocycles. The van der Waals surface area contributed by atoms with Gasteiger partial charge in [0, 0.05) is 17.3 Å². The van der Waals surface area contributed by atoms with Gasteiger partial charge in [-0.15, -0.1) is 16.9 Å². The van der Waals surface area contributed by atoms with E-state index in [9.17, 15) is 9.18 Å². The lowest BCUT2D eigenvalue weighted by Crippen LogP contribution is -2.14. The summed E-state index contributed by atoms with van der Waals surface area (Å²) in [5.41, 5.74) is 0.668. The van der Waals surface area contributed by atoms with Crippen molar-refractivity contribution in [2.75, 3.05) is 11.1 Å². The molecule has 0 fully saturated rings. The number of carbonyl (C=O) groups is 1. The highest BCUT2D eigenvalue weighted by Gasteiger charge is 2.11. The number of hydrogen-bond donors (Lipinski definition) is 1. The molecule has 0 aliphatic carbocycles. The minimum atomic E-state index is -0.312. The number of nitrogens with one attached hydrogen (secondary N) is 1. The third-order valence-electron chi connectivity index (χ3n) is 2.76. The number of aromatic nitrogens is 3. The van der Waals surface area contributed by atoms with Gasteiger partial charge in [-0.05, 0) is 36.4 Å². The average Bonchev–Trinajstić information content (AvgIpc) is 3.04. The quantitative estimate of drug-likeness (QED) is 0.724. The summed E-state index contributed by atoms with van der Waals surface area (Å²) in [6, 6.07) is 9.46. The number of halogens is 1. The van der Waals surface area contributed by atoms with Crippen LogP contribution in [0.5, 0.6) is 0 Å². The lowest BCUT2D eigenvalue weighted by molar-refractivity contribution is -0.113. The molecular formula is C15H11FN4O2S. The van der Waals surface area contributed by atoms with E-state index in [4.69, 9.17) is 4.42 Å². The molecule has 0 radical (unpaired) electrons. The first kappa shape index (κ1) is 15.2. The van der Waals surface area contributed by atoms with Gasteiger partial charge in [0.1, 0.15) is 5.82 Å². The molecule has 0 spiro atoms. The number of carbonyl (C=O) groups excluding carboxylic acids is 1. The molecule has 2 aromatic heterocycles. The van der Waals surface area contributed by atoms with E-state index >= 15 is 0 Å². The predicted molar refractivity (Wildman–Crippen MR) is 83.3 cm³/mol. The molecule has 0 atom stereocenters. The van der Waals surface area contributed by atoms with Crippen molar-refractivity contribution in [3.8, 4) is 11.5 Å². The first-order valence-corrected chi connectivity index (χ1v) is 7.61. The van der Waals surface area contributed by atoms with E-state index in [-0.39, 0.29) is 29.4 Å². The van der Waals surface area contributed by atoms with Gasteiger partial charge in [0.15, 0.2) is 0 Å². The van der Waals surface area contributed by atoms with E-state index in [0.29, 0.717) is 5.56 Å². The molecule has 3 aromatic rings. The van der Waals surface area contributed by atoms with Crippen molar-refractivity contribution < 1.29 is 13.6 Å². The Morgan fingerprint density at radius 3 is 2.78 bits per heavy atom. The minimum Gasteiger partial charge on any atom is -0.403 e. The molecule has 8 heteroatoms. The van der Waals surface area contributed by atoms with Gasteiger partial charge in [-0.3, -0.25) is 15.1 Å². The summed E-state index contributed by atoms with van der Waals surface area (Å²) in [6.07, 6.45) is 3.22. The summed E-state index contributed by atoms with van der Waals surface area (Å²) in [6.45, 7) is 0. The van der Waals surface area contributed by atoms with Crippen LogP contribution in [0.1, 0.15) is 0 Å². The molecule has 0 aliphatic rings. The Kier molecular flexibility index (Phi) is 4.62. The van der Waals surface area contributed by atoms with Crippen molar-refractivity contribution in [1.82, 2.24) is 15.2 Å². The molecule has 23 heavy (non-hydrogen) atoms. The predicted octanol–water partition coefficient (Wildman–Crippen LogP) is 3.00. The molecule has 116 valence electrons. The zero-order chi connectivity index (χ0) is 16.1. The van der Waals surface area contributed by atoms with Crippen molar-refractivity contribution >= 4 is 23.7 Å². The number of anilines is 1. The van der Waals surface area contributed by atoms with Gasteiger partial charge < -0.3 is 4.42 Å². The van der Waals surface area contributed by atoms with Crippen molar-refractivity contribution in [2.24, 2.45) is 0 Å². The average molecular weight is 330 g/mol. The topological polar surface area (TPSA) is 80.9 Å². The molecular weight excluding hydrogens is 319 g/mol. The van der Waals surface area contributed by atoms with E-state index in [1.165, 1.54) is 23.9 Å². The van der Waals surface area contributed by atoms with Crippen LogP contribution in [0, 0.1) is 5.82 Å². The molecule has 3 rings (SSSR count). The number of rotatable bonds is 5. The van der Waals surface area contributed by atoms with E-state index < -0.39 is 0 Å². The van der Waals surface area contributed by atoms with Crippen LogP contribution in [0.25, 0.3) is 11.5 Å². The van der Waals surface area contributed by atoms with Crippen LogP contribution in [0.4, 0.5) is 10.4 Å². The Morgan fingerprint density at radius 1 is 1.22 bits per heavy atom. The molecule has 1 N–H and O–H groups in total. The fraction of sp³-hybridized carbons (Fsp3) is 0.0667. The highest BCUT2D eigenvalue weighted by Crippen LogP contribution is 2.20. The van der Waals surface area contributed by atoms with Crippen LogP contribution < -0.4 is 5.32 Å². The van der Waals surface area contributed by atoms with Crippen LogP contribution >= 0.6 is 11.8 Å². The maximum absolute atomic E-state index is 12.8. The van der Waals surface area contributed by atoms with Gasteiger partial charge in [-0.2, -0.15) is 0 Å².